The Bertz CT molecular complexity index is 439. The molecule has 0 aromatic carbocycles. The second-order valence-corrected chi connectivity index (χ2v) is 2.94. The van der Waals surface area contributed by atoms with Crippen LogP contribution in [0.25, 0.3) is 5.52 Å². The van der Waals surface area contributed by atoms with Gasteiger partial charge in [0, 0.05) is 17.4 Å². The molecule has 0 saturated heterocycles. The predicted molar refractivity (Wildman–Crippen MR) is 49.8 cm³/mol. The van der Waals surface area contributed by atoms with Crippen molar-refractivity contribution in [1.29, 1.82) is 0 Å². The van der Waals surface area contributed by atoms with Gasteiger partial charge >= 0.3 is 7.12 Å². The minimum absolute atomic E-state index is 0.434. The Morgan fingerprint density at radius 2 is 2.15 bits per heavy atom. The molecule has 0 saturated carbocycles. The Morgan fingerprint density at radius 1 is 1.38 bits per heavy atom. The summed E-state index contributed by atoms with van der Waals surface area (Å²) in [5.74, 6) is 0. The molecule has 2 aromatic heterocycles. The van der Waals surface area contributed by atoms with Gasteiger partial charge in [0.15, 0.2) is 0 Å². The van der Waals surface area contributed by atoms with E-state index in [1.807, 2.05) is 19.1 Å². The number of hydrogen-bond acceptors (Lipinski definition) is 3. The van der Waals surface area contributed by atoms with Crippen molar-refractivity contribution in [1.82, 2.24) is 9.61 Å². The van der Waals surface area contributed by atoms with Crippen LogP contribution in [-0.2, 0) is 0 Å². The van der Waals surface area contributed by atoms with Crippen LogP contribution in [0.2, 0.25) is 0 Å². The molecule has 66 valence electrons. The lowest BCUT2D eigenvalue weighted by molar-refractivity contribution is 0.426. The molecule has 0 radical (unpaired) electrons. The smallest absolute Gasteiger partial charge is 0.423 e. The second kappa shape index (κ2) is 2.87. The van der Waals surface area contributed by atoms with Crippen LogP contribution in [0.15, 0.2) is 24.4 Å². The number of rotatable bonds is 1. The van der Waals surface area contributed by atoms with Crippen molar-refractivity contribution in [3.05, 3.63) is 30.1 Å². The first-order valence-electron chi connectivity index (χ1n) is 3.99. The predicted octanol–water partition coefficient (Wildman–Crippen LogP) is -0.677. The molecule has 0 amide bonds. The Kier molecular flexibility index (Phi) is 1.83. The summed E-state index contributed by atoms with van der Waals surface area (Å²) in [6.45, 7) is 1.91. The summed E-state index contributed by atoms with van der Waals surface area (Å²) >= 11 is 0. The third-order valence-corrected chi connectivity index (χ3v) is 2.04. The maximum Gasteiger partial charge on any atom is 0.492 e. The van der Waals surface area contributed by atoms with Gasteiger partial charge in [-0.3, -0.25) is 0 Å². The third kappa shape index (κ3) is 1.22. The molecule has 0 aliphatic carbocycles. The summed E-state index contributed by atoms with van der Waals surface area (Å²) < 4.78 is 1.68. The standard InChI is InChI=1S/C8H9BN2O2/c1-6-3-2-4-8-7(9(12)13)5-10-11(6)8/h2-5,12-13H,1H3. The lowest BCUT2D eigenvalue weighted by atomic mass is 9.81. The van der Waals surface area contributed by atoms with Gasteiger partial charge in [-0.15, -0.1) is 0 Å². The van der Waals surface area contributed by atoms with Gasteiger partial charge in [-0.25, -0.2) is 4.52 Å². The quantitative estimate of drug-likeness (QED) is 0.566. The minimum atomic E-state index is -1.46. The van der Waals surface area contributed by atoms with Crippen LogP contribution in [0.4, 0.5) is 0 Å². The van der Waals surface area contributed by atoms with Gasteiger partial charge in [0.05, 0.1) is 5.52 Å². The zero-order chi connectivity index (χ0) is 9.42. The normalized spacial score (nSPS) is 10.7. The molecule has 13 heavy (non-hydrogen) atoms. The van der Waals surface area contributed by atoms with Crippen LogP contribution in [0, 0.1) is 6.92 Å². The Labute approximate surface area is 75.6 Å². The van der Waals surface area contributed by atoms with Gasteiger partial charge in [-0.05, 0) is 19.1 Å². The fraction of sp³-hybridized carbons (Fsp3) is 0.125. The molecule has 0 aliphatic rings. The van der Waals surface area contributed by atoms with Crippen LogP contribution in [-0.4, -0.2) is 26.8 Å². The van der Waals surface area contributed by atoms with Crippen molar-refractivity contribution >= 4 is 18.1 Å². The van der Waals surface area contributed by atoms with Crippen LogP contribution in [0.1, 0.15) is 5.69 Å². The topological polar surface area (TPSA) is 57.8 Å². The molecule has 0 atom stereocenters. The first-order valence-corrected chi connectivity index (χ1v) is 3.99. The molecule has 2 aromatic rings. The van der Waals surface area contributed by atoms with E-state index in [0.29, 0.717) is 5.46 Å². The molecular formula is C8H9BN2O2. The van der Waals surface area contributed by atoms with Crippen molar-refractivity contribution in [3.8, 4) is 0 Å². The summed E-state index contributed by atoms with van der Waals surface area (Å²) in [4.78, 5) is 0. The van der Waals surface area contributed by atoms with Crippen molar-refractivity contribution in [2.45, 2.75) is 6.92 Å². The van der Waals surface area contributed by atoms with E-state index < -0.39 is 7.12 Å². The van der Waals surface area contributed by atoms with E-state index in [1.54, 1.807) is 10.6 Å². The van der Waals surface area contributed by atoms with E-state index in [0.717, 1.165) is 11.2 Å². The fourth-order valence-electron chi connectivity index (χ4n) is 1.37. The van der Waals surface area contributed by atoms with Gasteiger partial charge < -0.3 is 10.0 Å². The van der Waals surface area contributed by atoms with E-state index in [2.05, 4.69) is 5.10 Å². The lowest BCUT2D eigenvalue weighted by Crippen LogP contribution is -2.29. The van der Waals surface area contributed by atoms with Gasteiger partial charge in [0.25, 0.3) is 0 Å². The zero-order valence-electron chi connectivity index (χ0n) is 7.18. The molecule has 0 aliphatic heterocycles. The number of aryl methyl sites for hydroxylation is 1. The number of aromatic nitrogens is 2. The van der Waals surface area contributed by atoms with Gasteiger partial charge in [-0.1, -0.05) is 6.07 Å². The van der Waals surface area contributed by atoms with E-state index in [9.17, 15) is 0 Å². The molecular weight excluding hydrogens is 167 g/mol. The number of hydrogen-bond donors (Lipinski definition) is 2. The van der Waals surface area contributed by atoms with Crippen molar-refractivity contribution in [3.63, 3.8) is 0 Å². The summed E-state index contributed by atoms with van der Waals surface area (Å²) in [7, 11) is -1.46. The maximum atomic E-state index is 9.00. The van der Waals surface area contributed by atoms with Crippen LogP contribution < -0.4 is 5.46 Å². The lowest BCUT2D eigenvalue weighted by Gasteiger charge is -1.99. The van der Waals surface area contributed by atoms with Crippen LogP contribution in [0.3, 0.4) is 0 Å². The highest BCUT2D eigenvalue weighted by molar-refractivity contribution is 6.61. The Hall–Kier alpha value is -1.33. The van der Waals surface area contributed by atoms with Crippen molar-refractivity contribution in [2.24, 2.45) is 0 Å². The molecule has 2 N–H and O–H groups in total. The molecule has 2 heterocycles. The first-order chi connectivity index (χ1) is 6.20. The average molecular weight is 176 g/mol. The highest BCUT2D eigenvalue weighted by Crippen LogP contribution is 2.03. The number of nitrogens with zero attached hydrogens (tertiary/aromatic N) is 2. The van der Waals surface area contributed by atoms with Crippen LogP contribution in [0.5, 0.6) is 0 Å². The van der Waals surface area contributed by atoms with E-state index in [1.165, 1.54) is 6.20 Å². The number of pyridine rings is 1. The zero-order valence-corrected chi connectivity index (χ0v) is 7.18. The summed E-state index contributed by atoms with van der Waals surface area (Å²) in [5, 5.41) is 22.0. The average Bonchev–Trinajstić information content (AvgIpc) is 2.48. The highest BCUT2D eigenvalue weighted by Gasteiger charge is 2.16. The number of fused-ring (bicyclic) bond motifs is 1. The van der Waals surface area contributed by atoms with E-state index >= 15 is 0 Å². The van der Waals surface area contributed by atoms with Gasteiger partial charge in [0.2, 0.25) is 0 Å². The van der Waals surface area contributed by atoms with Crippen LogP contribution >= 0.6 is 0 Å². The van der Waals surface area contributed by atoms with Gasteiger partial charge in [-0.2, -0.15) is 5.10 Å². The summed E-state index contributed by atoms with van der Waals surface area (Å²) in [6.07, 6.45) is 1.47. The second-order valence-electron chi connectivity index (χ2n) is 2.94. The fourth-order valence-corrected chi connectivity index (χ4v) is 1.37. The molecule has 0 unspecified atom stereocenters. The van der Waals surface area contributed by atoms with Gasteiger partial charge in [0.1, 0.15) is 0 Å². The highest BCUT2D eigenvalue weighted by atomic mass is 16.4. The van der Waals surface area contributed by atoms with Crippen molar-refractivity contribution in [2.75, 3.05) is 0 Å². The molecule has 5 heteroatoms. The molecule has 0 fully saturated rings. The SMILES string of the molecule is Cc1cccc2c(B(O)O)cnn12. The molecule has 0 spiro atoms. The first kappa shape index (κ1) is 8.28. The largest absolute Gasteiger partial charge is 0.492 e. The monoisotopic (exact) mass is 176 g/mol. The van der Waals surface area contributed by atoms with E-state index in [-0.39, 0.29) is 0 Å². The third-order valence-electron chi connectivity index (χ3n) is 2.04. The molecule has 0 bridgehead atoms. The Morgan fingerprint density at radius 3 is 2.85 bits per heavy atom. The van der Waals surface area contributed by atoms with E-state index in [4.69, 9.17) is 10.0 Å². The Balaban J connectivity index is 2.75. The molecule has 4 nitrogen and oxygen atoms in total. The molecule has 2 rings (SSSR count). The maximum absolute atomic E-state index is 9.00. The summed E-state index contributed by atoms with van der Waals surface area (Å²) in [5.41, 5.74) is 2.13. The minimum Gasteiger partial charge on any atom is -0.423 e. The van der Waals surface area contributed by atoms with Crippen molar-refractivity contribution < 1.29 is 10.0 Å². The summed E-state index contributed by atoms with van der Waals surface area (Å²) in [6, 6.07) is 5.57.